The molecule has 0 N–H and O–H groups in total. The first kappa shape index (κ1) is 11.2. The second-order valence-corrected chi connectivity index (χ2v) is 5.40. The molecular weight excluding hydrogens is 282 g/mol. The molecule has 2 aliphatic heterocycles. The molecule has 4 heteroatoms. The molecule has 0 aliphatic carbocycles. The molecule has 0 aromatic heterocycles. The van der Waals surface area contributed by atoms with Gasteiger partial charge in [-0.2, -0.15) is 0 Å². The van der Waals surface area contributed by atoms with Gasteiger partial charge in [0.05, 0.1) is 0 Å². The lowest BCUT2D eigenvalue weighted by Gasteiger charge is -2.30. The zero-order valence-electron chi connectivity index (χ0n) is 9.49. The van der Waals surface area contributed by atoms with E-state index < -0.39 is 0 Å². The molecule has 0 bridgehead atoms. The first-order valence-electron chi connectivity index (χ1n) is 5.93. The number of hydrogen-bond donors (Lipinski definition) is 0. The van der Waals surface area contributed by atoms with E-state index in [1.807, 2.05) is 23.1 Å². The summed E-state index contributed by atoms with van der Waals surface area (Å²) in [5.41, 5.74) is 1.98. The van der Waals surface area contributed by atoms with Crippen LogP contribution in [0.5, 0.6) is 0 Å². The molecule has 0 unspecified atom stereocenters. The first-order valence-corrected chi connectivity index (χ1v) is 6.73. The number of carbonyl (C=O) groups is 1. The average Bonchev–Trinajstić information content (AvgIpc) is 2.70. The summed E-state index contributed by atoms with van der Waals surface area (Å²) in [6, 6.07) is 6.19. The Bertz CT molecular complexity index is 455. The largest absolute Gasteiger partial charge is 0.381 e. The molecule has 2 heterocycles. The molecule has 1 aromatic rings. The van der Waals surface area contributed by atoms with Crippen LogP contribution in [0.1, 0.15) is 28.8 Å². The molecule has 2 aliphatic rings. The lowest BCUT2D eigenvalue weighted by molar-refractivity contribution is 0.0303. The van der Waals surface area contributed by atoms with E-state index in [1.165, 1.54) is 0 Å². The molecule has 1 aromatic carbocycles. The highest BCUT2D eigenvalue weighted by Gasteiger charge is 2.34. The Labute approximate surface area is 109 Å². The summed E-state index contributed by atoms with van der Waals surface area (Å²) in [6.45, 7) is 2.28. The standard InChI is InChI=1S/C13H14BrNO2/c14-12-3-1-2-10-11(12)8-15(13(10)16)9-4-6-17-7-5-9/h1-3,9H,4-8H2. The number of rotatable bonds is 1. The third-order valence-electron chi connectivity index (χ3n) is 3.57. The highest BCUT2D eigenvalue weighted by molar-refractivity contribution is 9.10. The van der Waals surface area contributed by atoms with Crippen LogP contribution in [0.4, 0.5) is 0 Å². The number of ether oxygens (including phenoxy) is 1. The van der Waals surface area contributed by atoms with Gasteiger partial charge < -0.3 is 9.64 Å². The summed E-state index contributed by atoms with van der Waals surface area (Å²) in [7, 11) is 0. The van der Waals surface area contributed by atoms with Gasteiger partial charge in [0.1, 0.15) is 0 Å². The molecule has 0 saturated carbocycles. The summed E-state index contributed by atoms with van der Waals surface area (Å²) in [5, 5.41) is 0. The lowest BCUT2D eigenvalue weighted by Crippen LogP contribution is -2.39. The van der Waals surface area contributed by atoms with Crippen molar-refractivity contribution in [2.24, 2.45) is 0 Å². The molecule has 1 fully saturated rings. The molecule has 90 valence electrons. The van der Waals surface area contributed by atoms with E-state index >= 15 is 0 Å². The van der Waals surface area contributed by atoms with Gasteiger partial charge in [-0.15, -0.1) is 0 Å². The van der Waals surface area contributed by atoms with Crippen molar-refractivity contribution in [2.45, 2.75) is 25.4 Å². The van der Waals surface area contributed by atoms with Gasteiger partial charge in [0.25, 0.3) is 5.91 Å². The normalized spacial score (nSPS) is 20.8. The van der Waals surface area contributed by atoms with Gasteiger partial charge in [-0.05, 0) is 30.5 Å². The Morgan fingerprint density at radius 1 is 1.29 bits per heavy atom. The van der Waals surface area contributed by atoms with Gasteiger partial charge in [-0.1, -0.05) is 22.0 Å². The Balaban J connectivity index is 1.88. The number of amides is 1. The van der Waals surface area contributed by atoms with Crippen LogP contribution in [-0.2, 0) is 11.3 Å². The average molecular weight is 296 g/mol. The van der Waals surface area contributed by atoms with Crippen molar-refractivity contribution < 1.29 is 9.53 Å². The zero-order chi connectivity index (χ0) is 11.8. The highest BCUT2D eigenvalue weighted by atomic mass is 79.9. The van der Waals surface area contributed by atoms with Crippen LogP contribution in [-0.4, -0.2) is 30.1 Å². The van der Waals surface area contributed by atoms with Gasteiger partial charge in [0, 0.05) is 35.8 Å². The monoisotopic (exact) mass is 295 g/mol. The Kier molecular flexibility index (Phi) is 2.92. The molecular formula is C13H14BrNO2. The first-order chi connectivity index (χ1) is 8.27. The second-order valence-electron chi connectivity index (χ2n) is 4.54. The molecule has 1 amide bonds. The van der Waals surface area contributed by atoms with E-state index in [2.05, 4.69) is 15.9 Å². The summed E-state index contributed by atoms with van der Waals surface area (Å²) < 4.78 is 6.39. The van der Waals surface area contributed by atoms with Crippen LogP contribution >= 0.6 is 15.9 Å². The second kappa shape index (κ2) is 4.42. The van der Waals surface area contributed by atoms with Crippen molar-refractivity contribution in [3.8, 4) is 0 Å². The molecule has 17 heavy (non-hydrogen) atoms. The number of fused-ring (bicyclic) bond motifs is 1. The summed E-state index contributed by atoms with van der Waals surface area (Å²) in [5.74, 6) is 0.174. The minimum absolute atomic E-state index is 0.174. The number of hydrogen-bond acceptors (Lipinski definition) is 2. The predicted octanol–water partition coefficient (Wildman–Crippen LogP) is 2.58. The smallest absolute Gasteiger partial charge is 0.254 e. The lowest BCUT2D eigenvalue weighted by atomic mass is 10.1. The number of carbonyl (C=O) groups excluding carboxylic acids is 1. The van der Waals surface area contributed by atoms with E-state index in [9.17, 15) is 4.79 Å². The Morgan fingerprint density at radius 3 is 2.76 bits per heavy atom. The minimum Gasteiger partial charge on any atom is -0.381 e. The Morgan fingerprint density at radius 2 is 2.06 bits per heavy atom. The number of nitrogens with zero attached hydrogens (tertiary/aromatic N) is 1. The van der Waals surface area contributed by atoms with Crippen LogP contribution in [0, 0.1) is 0 Å². The van der Waals surface area contributed by atoms with E-state index in [-0.39, 0.29) is 5.91 Å². The van der Waals surface area contributed by atoms with Crippen molar-refractivity contribution in [3.05, 3.63) is 33.8 Å². The summed E-state index contributed by atoms with van der Waals surface area (Å²) in [6.07, 6.45) is 1.91. The van der Waals surface area contributed by atoms with Gasteiger partial charge in [0.2, 0.25) is 0 Å². The molecule has 3 rings (SSSR count). The summed E-state index contributed by atoms with van der Waals surface area (Å²) in [4.78, 5) is 14.3. The third-order valence-corrected chi connectivity index (χ3v) is 4.31. The summed E-state index contributed by atoms with van der Waals surface area (Å²) >= 11 is 3.52. The number of benzene rings is 1. The van der Waals surface area contributed by atoms with Crippen LogP contribution in [0.2, 0.25) is 0 Å². The van der Waals surface area contributed by atoms with Crippen LogP contribution in [0.15, 0.2) is 22.7 Å². The molecule has 0 spiro atoms. The fraction of sp³-hybridized carbons (Fsp3) is 0.462. The van der Waals surface area contributed by atoms with Gasteiger partial charge in [0.15, 0.2) is 0 Å². The molecule has 3 nitrogen and oxygen atoms in total. The van der Waals surface area contributed by atoms with Gasteiger partial charge >= 0.3 is 0 Å². The fourth-order valence-corrected chi connectivity index (χ4v) is 3.10. The molecule has 1 saturated heterocycles. The van der Waals surface area contributed by atoms with Crippen molar-refractivity contribution in [2.75, 3.05) is 13.2 Å². The van der Waals surface area contributed by atoms with E-state index in [0.717, 1.165) is 48.2 Å². The van der Waals surface area contributed by atoms with Crippen molar-refractivity contribution in [1.82, 2.24) is 4.90 Å². The quantitative estimate of drug-likeness (QED) is 0.797. The molecule has 0 radical (unpaired) electrons. The minimum atomic E-state index is 0.174. The number of halogens is 1. The van der Waals surface area contributed by atoms with E-state index in [0.29, 0.717) is 6.04 Å². The zero-order valence-corrected chi connectivity index (χ0v) is 11.1. The SMILES string of the molecule is O=C1c2cccc(Br)c2CN1C1CCOCC1. The third kappa shape index (κ3) is 1.89. The van der Waals surface area contributed by atoms with Crippen LogP contribution in [0.25, 0.3) is 0 Å². The Hall–Kier alpha value is -0.870. The van der Waals surface area contributed by atoms with E-state index in [4.69, 9.17) is 4.74 Å². The van der Waals surface area contributed by atoms with Crippen LogP contribution < -0.4 is 0 Å². The predicted molar refractivity (Wildman–Crippen MR) is 67.9 cm³/mol. The topological polar surface area (TPSA) is 29.5 Å². The molecule has 0 atom stereocenters. The highest BCUT2D eigenvalue weighted by Crippen LogP contribution is 2.32. The van der Waals surface area contributed by atoms with Crippen LogP contribution in [0.3, 0.4) is 0 Å². The van der Waals surface area contributed by atoms with Gasteiger partial charge in [-0.25, -0.2) is 0 Å². The van der Waals surface area contributed by atoms with Gasteiger partial charge in [-0.3, -0.25) is 4.79 Å². The maximum atomic E-state index is 12.3. The van der Waals surface area contributed by atoms with Crippen molar-refractivity contribution in [3.63, 3.8) is 0 Å². The van der Waals surface area contributed by atoms with E-state index in [1.54, 1.807) is 0 Å². The fourth-order valence-electron chi connectivity index (χ4n) is 2.61. The van der Waals surface area contributed by atoms with Crippen molar-refractivity contribution >= 4 is 21.8 Å². The van der Waals surface area contributed by atoms with Crippen molar-refractivity contribution in [1.29, 1.82) is 0 Å². The maximum absolute atomic E-state index is 12.3. The maximum Gasteiger partial charge on any atom is 0.254 e.